The third kappa shape index (κ3) is 7.51. The van der Waals surface area contributed by atoms with E-state index in [1.807, 2.05) is 30.6 Å². The number of carbonyl (C=O) groups excluding carboxylic acids is 2. The molecule has 12 nitrogen and oxygen atoms in total. The Hall–Kier alpha value is -3.79. The normalized spacial score (nSPS) is 23.9. The van der Waals surface area contributed by atoms with E-state index < -0.39 is 34.8 Å². The van der Waals surface area contributed by atoms with Gasteiger partial charge in [0.2, 0.25) is 0 Å². The van der Waals surface area contributed by atoms with Crippen LogP contribution in [0, 0.1) is 5.82 Å². The Morgan fingerprint density at radius 1 is 0.982 bits per heavy atom. The summed E-state index contributed by atoms with van der Waals surface area (Å²) in [5.41, 5.74) is -1.20. The topological polar surface area (TPSA) is 122 Å². The van der Waals surface area contributed by atoms with Crippen LogP contribution in [0.2, 0.25) is 10.0 Å². The minimum absolute atomic E-state index is 0.0165. The predicted octanol–water partition coefficient (Wildman–Crippen LogP) is 9.24. The fraction of sp³-hybridized carbons (Fsp3) is 0.564. The van der Waals surface area contributed by atoms with Gasteiger partial charge in [0.25, 0.3) is 0 Å². The summed E-state index contributed by atoms with van der Waals surface area (Å²) in [6.45, 7) is 12.9. The van der Waals surface area contributed by atoms with Crippen LogP contribution in [0.25, 0.3) is 32.2 Å². The summed E-state index contributed by atoms with van der Waals surface area (Å²) in [5.74, 6) is -0.317. The van der Waals surface area contributed by atoms with E-state index in [2.05, 4.69) is 20.2 Å². The van der Waals surface area contributed by atoms with Crippen LogP contribution in [0.4, 0.5) is 29.3 Å². The predicted molar refractivity (Wildman–Crippen MR) is 214 cm³/mol. The lowest BCUT2D eigenvalue weighted by Gasteiger charge is -2.42. The average Bonchev–Trinajstić information content (AvgIpc) is 3.81. The first kappa shape index (κ1) is 39.1. The standard InChI is InChI=1S/C39H45Cl2F2N7O5S/c1-37(2,3)54-35(51)47-34-45-30-24(12-20(40)13-27(30)56-34)28-26(41)14-25-31(29(28)43)44-33(53-19-39-10-7-11-49(39)16-21(42)15-39)46-32(25)48-17-22-8-9-23(18-48)50(22)36(52)55-38(4,5)6/h12-14,21-23H,7-11,15-19H2,1-6H3,(H,45,47,51)/t21-,22?,23?,39+/m1/s1. The van der Waals surface area contributed by atoms with Crippen molar-refractivity contribution in [3.05, 3.63) is 34.1 Å². The summed E-state index contributed by atoms with van der Waals surface area (Å²) in [5, 5.41) is 3.64. The molecule has 4 aliphatic rings. The number of benzene rings is 2. The van der Waals surface area contributed by atoms with Gasteiger partial charge in [0.1, 0.15) is 35.3 Å². The number of thiazole rings is 1. The van der Waals surface area contributed by atoms with Crippen molar-refractivity contribution in [3.8, 4) is 17.1 Å². The SMILES string of the molecule is CC(C)(C)OC(=O)Nc1nc2c(-c3c(Cl)cc4c(N5CC6CCC(C5)N6C(=O)OC(C)(C)C)nc(OC[C@@]56CCCN5C[C@H](F)C6)nc4c3F)cc(Cl)cc2s1. The lowest BCUT2D eigenvalue weighted by atomic mass is 9.95. The highest BCUT2D eigenvalue weighted by molar-refractivity contribution is 7.22. The molecule has 2 amide bonds. The highest BCUT2D eigenvalue weighted by atomic mass is 35.5. The second-order valence-corrected chi connectivity index (χ2v) is 19.1. The molecule has 0 spiro atoms. The average molecular weight is 833 g/mol. The molecule has 56 heavy (non-hydrogen) atoms. The van der Waals surface area contributed by atoms with E-state index in [0.717, 1.165) is 43.6 Å². The fourth-order valence-corrected chi connectivity index (χ4v) is 10.2. The maximum Gasteiger partial charge on any atom is 0.413 e. The van der Waals surface area contributed by atoms with E-state index in [1.54, 1.807) is 39.0 Å². The van der Waals surface area contributed by atoms with E-state index in [-0.39, 0.29) is 52.0 Å². The maximum absolute atomic E-state index is 17.4. The first-order valence-electron chi connectivity index (χ1n) is 18.9. The molecule has 0 aliphatic carbocycles. The Morgan fingerprint density at radius 2 is 1.70 bits per heavy atom. The quantitative estimate of drug-likeness (QED) is 0.201. The summed E-state index contributed by atoms with van der Waals surface area (Å²) in [6, 6.07) is 4.54. The van der Waals surface area contributed by atoms with E-state index in [4.69, 9.17) is 42.4 Å². The molecule has 2 aromatic carbocycles. The second kappa shape index (κ2) is 14.2. The summed E-state index contributed by atoms with van der Waals surface area (Å²) >= 11 is 14.8. The maximum atomic E-state index is 17.4. The minimum atomic E-state index is -0.953. The van der Waals surface area contributed by atoms with Crippen LogP contribution in [0.1, 0.15) is 73.6 Å². The molecule has 2 bridgehead atoms. The van der Waals surface area contributed by atoms with Gasteiger partial charge in [0.15, 0.2) is 10.9 Å². The van der Waals surface area contributed by atoms with Crippen molar-refractivity contribution in [2.75, 3.05) is 43.0 Å². The number of anilines is 2. The summed E-state index contributed by atoms with van der Waals surface area (Å²) in [6.07, 6.45) is 1.61. The van der Waals surface area contributed by atoms with Gasteiger partial charge in [0, 0.05) is 47.6 Å². The first-order chi connectivity index (χ1) is 26.4. The van der Waals surface area contributed by atoms with Gasteiger partial charge < -0.3 is 19.1 Å². The van der Waals surface area contributed by atoms with E-state index in [0.29, 0.717) is 58.1 Å². The number of nitrogens with one attached hydrogen (secondary N) is 1. The number of hydrogen-bond donors (Lipinski definition) is 1. The Kier molecular flexibility index (Phi) is 9.93. The van der Waals surface area contributed by atoms with Crippen LogP contribution in [0.15, 0.2) is 18.2 Å². The van der Waals surface area contributed by atoms with E-state index >= 15 is 4.39 Å². The van der Waals surface area contributed by atoms with Gasteiger partial charge in [-0.15, -0.1) is 0 Å². The van der Waals surface area contributed by atoms with Crippen molar-refractivity contribution in [1.29, 1.82) is 0 Å². The molecule has 2 unspecified atom stereocenters. The molecular weight excluding hydrogens is 787 g/mol. The van der Waals surface area contributed by atoms with Crippen molar-refractivity contribution < 1.29 is 32.6 Å². The Labute approximate surface area is 337 Å². The van der Waals surface area contributed by atoms with Crippen molar-refractivity contribution in [3.63, 3.8) is 0 Å². The van der Waals surface area contributed by atoms with E-state index in [9.17, 15) is 14.0 Å². The number of piperazine rings is 1. The summed E-state index contributed by atoms with van der Waals surface area (Å²) in [4.78, 5) is 46.0. The monoisotopic (exact) mass is 831 g/mol. The van der Waals surface area contributed by atoms with E-state index in [1.165, 1.54) is 0 Å². The molecule has 1 N–H and O–H groups in total. The Morgan fingerprint density at radius 3 is 2.39 bits per heavy atom. The summed E-state index contributed by atoms with van der Waals surface area (Å²) in [7, 11) is 0. The third-order valence-electron chi connectivity index (χ3n) is 10.8. The minimum Gasteiger partial charge on any atom is -0.461 e. The zero-order valence-corrected chi connectivity index (χ0v) is 34.5. The number of aromatic nitrogens is 3. The molecular formula is C39H45Cl2F2N7O5S. The number of alkyl halides is 1. The molecule has 4 aromatic rings. The lowest BCUT2D eigenvalue weighted by molar-refractivity contribution is 0.0122. The molecule has 17 heteroatoms. The number of ether oxygens (including phenoxy) is 3. The fourth-order valence-electron chi connectivity index (χ4n) is 8.68. The van der Waals surface area contributed by atoms with Gasteiger partial charge in [-0.2, -0.15) is 9.97 Å². The molecule has 4 fully saturated rings. The van der Waals surface area contributed by atoms with Crippen LogP contribution in [0.5, 0.6) is 6.01 Å². The lowest BCUT2D eigenvalue weighted by Crippen LogP contribution is -2.57. The van der Waals surface area contributed by atoms with Gasteiger partial charge in [-0.25, -0.2) is 23.4 Å². The van der Waals surface area contributed by atoms with Gasteiger partial charge in [0.05, 0.1) is 32.9 Å². The summed E-state index contributed by atoms with van der Waals surface area (Å²) < 4.78 is 50.1. The molecule has 300 valence electrons. The van der Waals surface area contributed by atoms with Crippen LogP contribution in [0.3, 0.4) is 0 Å². The number of nitrogens with zero attached hydrogens (tertiary/aromatic N) is 6. The van der Waals surface area contributed by atoms with Crippen molar-refractivity contribution >= 4 is 78.8 Å². The molecule has 6 heterocycles. The Balaban J connectivity index is 1.20. The molecule has 0 radical (unpaired) electrons. The Bertz CT molecular complexity index is 2220. The molecule has 4 saturated heterocycles. The zero-order valence-electron chi connectivity index (χ0n) is 32.2. The number of rotatable bonds is 6. The van der Waals surface area contributed by atoms with Crippen LogP contribution < -0.4 is 15.0 Å². The number of carbonyl (C=O) groups is 2. The van der Waals surface area contributed by atoms with Crippen molar-refractivity contribution in [2.24, 2.45) is 0 Å². The largest absolute Gasteiger partial charge is 0.461 e. The first-order valence-corrected chi connectivity index (χ1v) is 20.5. The third-order valence-corrected chi connectivity index (χ3v) is 12.2. The number of amides is 2. The highest BCUT2D eigenvalue weighted by Crippen LogP contribution is 2.45. The number of halogens is 4. The molecule has 8 rings (SSSR count). The van der Waals surface area contributed by atoms with Gasteiger partial charge in [-0.1, -0.05) is 34.5 Å². The number of fused-ring (bicyclic) bond motifs is 5. The van der Waals surface area contributed by atoms with Gasteiger partial charge >= 0.3 is 18.2 Å². The van der Waals surface area contributed by atoms with Gasteiger partial charge in [-0.3, -0.25) is 15.1 Å². The van der Waals surface area contributed by atoms with Crippen LogP contribution in [-0.4, -0.2) is 105 Å². The molecule has 0 saturated carbocycles. The molecule has 4 aliphatic heterocycles. The van der Waals surface area contributed by atoms with Crippen LogP contribution >= 0.6 is 34.5 Å². The zero-order chi connectivity index (χ0) is 39.9. The van der Waals surface area contributed by atoms with Crippen LogP contribution in [-0.2, 0) is 9.47 Å². The molecule has 4 atom stereocenters. The highest BCUT2D eigenvalue weighted by Gasteiger charge is 2.50. The van der Waals surface area contributed by atoms with Crippen molar-refractivity contribution in [2.45, 2.75) is 109 Å². The smallest absolute Gasteiger partial charge is 0.413 e. The number of hydrogen-bond acceptors (Lipinski definition) is 11. The van der Waals surface area contributed by atoms with Crippen molar-refractivity contribution in [1.82, 2.24) is 24.8 Å². The van der Waals surface area contributed by atoms with Gasteiger partial charge in [-0.05, 0) is 92.0 Å². The molecule has 2 aromatic heterocycles. The second-order valence-electron chi connectivity index (χ2n) is 17.3.